The molecule has 1 nitrogen and oxygen atoms in total. The van der Waals surface area contributed by atoms with Gasteiger partial charge in [-0.1, -0.05) is 13.0 Å². The maximum absolute atomic E-state index is 13.1. The predicted molar refractivity (Wildman–Crippen MR) is 72.8 cm³/mol. The molecule has 1 unspecified atom stereocenters. The van der Waals surface area contributed by atoms with Gasteiger partial charge in [0.15, 0.2) is 0 Å². The number of benzene rings is 1. The minimum absolute atomic E-state index is 0.114. The molecule has 0 bridgehead atoms. The molecule has 1 saturated heterocycles. The number of hydrogen-bond donors (Lipinski definition) is 0. The molecule has 0 saturated carbocycles. The minimum Gasteiger partial charge on any atom is -0.299 e. The van der Waals surface area contributed by atoms with E-state index in [1.165, 1.54) is 31.5 Å². The summed E-state index contributed by atoms with van der Waals surface area (Å²) < 4.78 is 13.8. The molecule has 0 aliphatic carbocycles. The fourth-order valence-electron chi connectivity index (χ4n) is 2.33. The number of likely N-dealkylation sites (tertiary alicyclic amines) is 1. The molecule has 0 N–H and O–H groups in total. The summed E-state index contributed by atoms with van der Waals surface area (Å²) in [5.41, 5.74) is 1.22. The van der Waals surface area contributed by atoms with Crippen molar-refractivity contribution >= 4 is 22.6 Å². The zero-order valence-corrected chi connectivity index (χ0v) is 11.7. The average Bonchev–Trinajstić information content (AvgIpc) is 2.24. The van der Waals surface area contributed by atoms with Crippen LogP contribution >= 0.6 is 22.6 Å². The van der Waals surface area contributed by atoms with Gasteiger partial charge >= 0.3 is 0 Å². The molecule has 1 aromatic carbocycles. The third kappa shape index (κ3) is 3.17. The van der Waals surface area contributed by atoms with E-state index >= 15 is 0 Å². The van der Waals surface area contributed by atoms with Gasteiger partial charge in [0.05, 0.1) is 0 Å². The maximum Gasteiger partial charge on any atom is 0.136 e. The van der Waals surface area contributed by atoms with Gasteiger partial charge in [0.2, 0.25) is 0 Å². The second-order valence-corrected chi connectivity index (χ2v) is 5.89. The summed E-state index contributed by atoms with van der Waals surface area (Å²) in [6, 6.07) is 5.43. The molecule has 16 heavy (non-hydrogen) atoms. The van der Waals surface area contributed by atoms with Crippen molar-refractivity contribution < 1.29 is 4.39 Å². The van der Waals surface area contributed by atoms with Crippen molar-refractivity contribution in [3.8, 4) is 0 Å². The Labute approximate surface area is 110 Å². The van der Waals surface area contributed by atoms with Crippen molar-refractivity contribution in [1.82, 2.24) is 4.90 Å². The van der Waals surface area contributed by atoms with Crippen LogP contribution in [0.1, 0.15) is 25.3 Å². The van der Waals surface area contributed by atoms with Gasteiger partial charge in [0.1, 0.15) is 5.82 Å². The van der Waals surface area contributed by atoms with E-state index in [2.05, 4.69) is 34.4 Å². The van der Waals surface area contributed by atoms with Gasteiger partial charge in [0.25, 0.3) is 0 Å². The van der Waals surface area contributed by atoms with Crippen LogP contribution in [0, 0.1) is 15.3 Å². The van der Waals surface area contributed by atoms with Gasteiger partial charge in [-0.2, -0.15) is 0 Å². The lowest BCUT2D eigenvalue weighted by atomic mass is 10.00. The molecule has 0 spiro atoms. The molecule has 2 rings (SSSR count). The summed E-state index contributed by atoms with van der Waals surface area (Å²) >= 11 is 2.05. The Bertz CT molecular complexity index is 367. The number of rotatable bonds is 2. The minimum atomic E-state index is -0.114. The largest absolute Gasteiger partial charge is 0.299 e. The summed E-state index contributed by atoms with van der Waals surface area (Å²) in [5, 5.41) is 0. The predicted octanol–water partition coefficient (Wildman–Crippen LogP) is 3.66. The van der Waals surface area contributed by atoms with Crippen molar-refractivity contribution in [3.05, 3.63) is 33.1 Å². The van der Waals surface area contributed by atoms with E-state index in [4.69, 9.17) is 0 Å². The third-order valence-electron chi connectivity index (χ3n) is 3.13. The van der Waals surface area contributed by atoms with Crippen molar-refractivity contribution in [1.29, 1.82) is 0 Å². The Balaban J connectivity index is 2.00. The molecule has 1 fully saturated rings. The molecule has 1 heterocycles. The quantitative estimate of drug-likeness (QED) is 0.747. The first-order chi connectivity index (χ1) is 7.65. The molecule has 0 aromatic heterocycles. The lowest BCUT2D eigenvalue weighted by Crippen LogP contribution is -2.33. The number of hydrogen-bond acceptors (Lipinski definition) is 1. The highest BCUT2D eigenvalue weighted by atomic mass is 127. The van der Waals surface area contributed by atoms with Crippen molar-refractivity contribution in [3.63, 3.8) is 0 Å². The molecule has 3 heteroatoms. The van der Waals surface area contributed by atoms with Crippen LogP contribution < -0.4 is 0 Å². The van der Waals surface area contributed by atoms with E-state index in [9.17, 15) is 4.39 Å². The van der Waals surface area contributed by atoms with Gasteiger partial charge in [-0.3, -0.25) is 4.90 Å². The average molecular weight is 333 g/mol. The molecule has 0 radical (unpaired) electrons. The van der Waals surface area contributed by atoms with Crippen LogP contribution in [0.15, 0.2) is 18.2 Å². The lowest BCUT2D eigenvalue weighted by Gasteiger charge is -2.30. The number of nitrogens with zero attached hydrogens (tertiary/aromatic N) is 1. The summed E-state index contributed by atoms with van der Waals surface area (Å²) in [4.78, 5) is 2.47. The number of halogens is 2. The second kappa shape index (κ2) is 5.45. The zero-order valence-electron chi connectivity index (χ0n) is 9.55. The van der Waals surface area contributed by atoms with Gasteiger partial charge in [-0.25, -0.2) is 4.39 Å². The van der Waals surface area contributed by atoms with Crippen LogP contribution in [0.2, 0.25) is 0 Å². The Morgan fingerprint density at radius 3 is 3.00 bits per heavy atom. The van der Waals surface area contributed by atoms with E-state index < -0.39 is 0 Å². The van der Waals surface area contributed by atoms with Crippen LogP contribution in [0.25, 0.3) is 0 Å². The molecule has 1 aromatic rings. The van der Waals surface area contributed by atoms with E-state index in [1.54, 1.807) is 6.07 Å². The highest BCUT2D eigenvalue weighted by molar-refractivity contribution is 14.1. The van der Waals surface area contributed by atoms with Crippen molar-refractivity contribution in [2.75, 3.05) is 13.1 Å². The first-order valence-corrected chi connectivity index (χ1v) is 6.89. The SMILES string of the molecule is CC1CCCN(Cc2ccc(F)c(I)c2)C1. The Hall–Kier alpha value is -0.160. The standard InChI is InChI=1S/C13H17FIN/c1-10-3-2-6-16(8-10)9-11-4-5-12(14)13(15)7-11/h4-5,7,10H,2-3,6,8-9H2,1H3. The molecule has 1 aliphatic rings. The van der Waals surface area contributed by atoms with Crippen molar-refractivity contribution in [2.45, 2.75) is 26.3 Å². The number of piperidine rings is 1. The summed E-state index contributed by atoms with van der Waals surface area (Å²) in [7, 11) is 0. The van der Waals surface area contributed by atoms with Crippen LogP contribution in [0.3, 0.4) is 0 Å². The fraction of sp³-hybridized carbons (Fsp3) is 0.538. The van der Waals surface area contributed by atoms with Crippen LogP contribution in [-0.4, -0.2) is 18.0 Å². The van der Waals surface area contributed by atoms with E-state index in [-0.39, 0.29) is 5.82 Å². The van der Waals surface area contributed by atoms with Gasteiger partial charge < -0.3 is 0 Å². The van der Waals surface area contributed by atoms with Gasteiger partial charge in [0, 0.05) is 16.7 Å². The van der Waals surface area contributed by atoms with Crippen molar-refractivity contribution in [2.24, 2.45) is 5.92 Å². The Morgan fingerprint density at radius 1 is 1.50 bits per heavy atom. The first-order valence-electron chi connectivity index (χ1n) is 5.81. The van der Waals surface area contributed by atoms with E-state index in [0.717, 1.165) is 16.0 Å². The zero-order chi connectivity index (χ0) is 11.5. The second-order valence-electron chi connectivity index (χ2n) is 4.73. The highest BCUT2D eigenvalue weighted by Crippen LogP contribution is 2.19. The summed E-state index contributed by atoms with van der Waals surface area (Å²) in [6.45, 7) is 5.62. The summed E-state index contributed by atoms with van der Waals surface area (Å²) in [5.74, 6) is 0.685. The Kier molecular flexibility index (Phi) is 4.19. The smallest absolute Gasteiger partial charge is 0.136 e. The molecule has 1 aliphatic heterocycles. The normalized spacial score (nSPS) is 22.3. The molecular formula is C13H17FIN. The van der Waals surface area contributed by atoms with Crippen LogP contribution in [0.4, 0.5) is 4.39 Å². The molecule has 0 amide bonds. The molecule has 1 atom stereocenters. The summed E-state index contributed by atoms with van der Waals surface area (Å²) in [6.07, 6.45) is 2.64. The van der Waals surface area contributed by atoms with Crippen LogP contribution in [0.5, 0.6) is 0 Å². The molecular weight excluding hydrogens is 316 g/mol. The van der Waals surface area contributed by atoms with Gasteiger partial charge in [-0.05, 0) is 65.6 Å². The fourth-order valence-corrected chi connectivity index (χ4v) is 2.91. The Morgan fingerprint density at radius 2 is 2.31 bits per heavy atom. The van der Waals surface area contributed by atoms with E-state index in [1.807, 2.05) is 12.1 Å². The monoisotopic (exact) mass is 333 g/mol. The maximum atomic E-state index is 13.1. The van der Waals surface area contributed by atoms with Gasteiger partial charge in [-0.15, -0.1) is 0 Å². The van der Waals surface area contributed by atoms with E-state index in [0.29, 0.717) is 0 Å². The van der Waals surface area contributed by atoms with Crippen LogP contribution in [-0.2, 0) is 6.54 Å². The molecule has 88 valence electrons. The first kappa shape index (κ1) is 12.3. The lowest BCUT2D eigenvalue weighted by molar-refractivity contribution is 0.176. The topological polar surface area (TPSA) is 3.24 Å². The highest BCUT2D eigenvalue weighted by Gasteiger charge is 2.16. The third-order valence-corrected chi connectivity index (χ3v) is 3.96.